The lowest BCUT2D eigenvalue weighted by molar-refractivity contribution is 0.0589. The highest BCUT2D eigenvalue weighted by molar-refractivity contribution is 5.93. The molecule has 142 valence electrons. The predicted molar refractivity (Wildman–Crippen MR) is 102 cm³/mol. The summed E-state index contributed by atoms with van der Waals surface area (Å²) in [7, 11) is 3.90. The zero-order valence-corrected chi connectivity index (χ0v) is 16.5. The van der Waals surface area contributed by atoms with Crippen molar-refractivity contribution in [3.05, 3.63) is 35.7 Å². The molecule has 1 saturated heterocycles. The third-order valence-electron chi connectivity index (χ3n) is 5.28. The van der Waals surface area contributed by atoms with Gasteiger partial charge >= 0.3 is 0 Å². The Morgan fingerprint density at radius 2 is 2.12 bits per heavy atom. The average molecular weight is 358 g/mol. The maximum atomic E-state index is 13.2. The lowest BCUT2D eigenvalue weighted by Crippen LogP contribution is -2.44. The number of nitrogens with zero attached hydrogens (tertiary/aromatic N) is 5. The smallest absolute Gasteiger partial charge is 0.272 e. The van der Waals surface area contributed by atoms with E-state index in [2.05, 4.69) is 33.4 Å². The molecule has 0 aromatic carbocycles. The number of hydrogen-bond acceptors (Lipinski definition) is 3. The minimum absolute atomic E-state index is 0.125. The van der Waals surface area contributed by atoms with Crippen LogP contribution in [-0.2, 0) is 26.9 Å². The van der Waals surface area contributed by atoms with Crippen LogP contribution in [0.4, 0.5) is 0 Å². The van der Waals surface area contributed by atoms with E-state index in [-0.39, 0.29) is 11.9 Å². The van der Waals surface area contributed by atoms with Crippen molar-refractivity contribution in [1.29, 1.82) is 0 Å². The second-order valence-corrected chi connectivity index (χ2v) is 7.88. The van der Waals surface area contributed by atoms with Gasteiger partial charge in [-0.05, 0) is 44.1 Å². The highest BCUT2D eigenvalue weighted by Crippen LogP contribution is 2.23. The molecule has 3 heterocycles. The SMILES string of the molecule is CC(C)Cc1cc(C(=O)N2CCCC[C@H]2CCc2nccn2C)n(C)n1. The molecule has 6 nitrogen and oxygen atoms in total. The van der Waals surface area contributed by atoms with Gasteiger partial charge in [-0.3, -0.25) is 9.48 Å². The highest BCUT2D eigenvalue weighted by atomic mass is 16.2. The normalized spacial score (nSPS) is 17.9. The van der Waals surface area contributed by atoms with Gasteiger partial charge in [-0.1, -0.05) is 13.8 Å². The molecule has 0 aliphatic carbocycles. The van der Waals surface area contributed by atoms with E-state index >= 15 is 0 Å². The molecular formula is C20H31N5O. The number of piperidine rings is 1. The molecule has 1 aliphatic heterocycles. The van der Waals surface area contributed by atoms with Crippen molar-refractivity contribution in [2.24, 2.45) is 20.0 Å². The van der Waals surface area contributed by atoms with Gasteiger partial charge in [0.05, 0.1) is 5.69 Å². The number of hydrogen-bond donors (Lipinski definition) is 0. The summed E-state index contributed by atoms with van der Waals surface area (Å²) in [5, 5.41) is 4.55. The first kappa shape index (κ1) is 18.7. The maximum Gasteiger partial charge on any atom is 0.272 e. The zero-order valence-electron chi connectivity index (χ0n) is 16.5. The van der Waals surface area contributed by atoms with E-state index in [1.807, 2.05) is 32.6 Å². The van der Waals surface area contributed by atoms with E-state index in [9.17, 15) is 4.79 Å². The Balaban J connectivity index is 1.71. The quantitative estimate of drug-likeness (QED) is 0.799. The minimum Gasteiger partial charge on any atom is -0.338 e. The van der Waals surface area contributed by atoms with Crippen LogP contribution in [0, 0.1) is 5.92 Å². The van der Waals surface area contributed by atoms with Gasteiger partial charge in [-0.2, -0.15) is 5.10 Å². The van der Waals surface area contributed by atoms with Gasteiger partial charge in [0.25, 0.3) is 5.91 Å². The molecule has 0 saturated carbocycles. The number of likely N-dealkylation sites (tertiary alicyclic amines) is 1. The molecule has 1 aliphatic rings. The summed E-state index contributed by atoms with van der Waals surface area (Å²) >= 11 is 0. The van der Waals surface area contributed by atoms with Crippen LogP contribution in [-0.4, -0.2) is 42.7 Å². The van der Waals surface area contributed by atoms with Gasteiger partial charge in [0.2, 0.25) is 0 Å². The number of rotatable bonds is 6. The maximum absolute atomic E-state index is 13.2. The van der Waals surface area contributed by atoms with Crippen molar-refractivity contribution in [3.63, 3.8) is 0 Å². The monoisotopic (exact) mass is 357 g/mol. The first-order valence-electron chi connectivity index (χ1n) is 9.75. The Hall–Kier alpha value is -2.11. The summed E-state index contributed by atoms with van der Waals surface area (Å²) in [5.74, 6) is 1.75. The molecule has 1 amide bonds. The summed E-state index contributed by atoms with van der Waals surface area (Å²) in [4.78, 5) is 19.7. The lowest BCUT2D eigenvalue weighted by atomic mass is 9.97. The number of aryl methyl sites for hydroxylation is 3. The van der Waals surface area contributed by atoms with Crippen LogP contribution < -0.4 is 0 Å². The fourth-order valence-electron chi connectivity index (χ4n) is 3.89. The third kappa shape index (κ3) is 4.17. The minimum atomic E-state index is 0.125. The summed E-state index contributed by atoms with van der Waals surface area (Å²) in [6.45, 7) is 5.19. The van der Waals surface area contributed by atoms with E-state index < -0.39 is 0 Å². The van der Waals surface area contributed by atoms with Gasteiger partial charge < -0.3 is 9.47 Å². The van der Waals surface area contributed by atoms with Crippen LogP contribution in [0.2, 0.25) is 0 Å². The van der Waals surface area contributed by atoms with Crippen molar-refractivity contribution in [2.75, 3.05) is 6.54 Å². The van der Waals surface area contributed by atoms with Crippen LogP contribution in [0.5, 0.6) is 0 Å². The van der Waals surface area contributed by atoms with Gasteiger partial charge in [0.1, 0.15) is 11.5 Å². The van der Waals surface area contributed by atoms with Crippen molar-refractivity contribution < 1.29 is 4.79 Å². The van der Waals surface area contributed by atoms with Crippen LogP contribution in [0.25, 0.3) is 0 Å². The van der Waals surface area contributed by atoms with Gasteiger partial charge in [0, 0.05) is 45.5 Å². The number of aromatic nitrogens is 4. The Morgan fingerprint density at radius 1 is 1.31 bits per heavy atom. The van der Waals surface area contributed by atoms with Gasteiger partial charge in [-0.25, -0.2) is 4.98 Å². The first-order valence-corrected chi connectivity index (χ1v) is 9.75. The van der Waals surface area contributed by atoms with Crippen LogP contribution >= 0.6 is 0 Å². The third-order valence-corrected chi connectivity index (χ3v) is 5.28. The zero-order chi connectivity index (χ0) is 18.7. The molecule has 0 bridgehead atoms. The topological polar surface area (TPSA) is 56.0 Å². The summed E-state index contributed by atoms with van der Waals surface area (Å²) in [5.41, 5.74) is 1.72. The molecule has 3 rings (SSSR count). The molecule has 6 heteroatoms. The Labute approximate surface area is 156 Å². The van der Waals surface area contributed by atoms with Crippen LogP contribution in [0.1, 0.15) is 61.5 Å². The molecule has 0 unspecified atom stereocenters. The largest absolute Gasteiger partial charge is 0.338 e. The van der Waals surface area contributed by atoms with Crippen molar-refractivity contribution in [3.8, 4) is 0 Å². The second kappa shape index (κ2) is 8.06. The fourth-order valence-corrected chi connectivity index (χ4v) is 3.89. The molecule has 1 fully saturated rings. The molecular weight excluding hydrogens is 326 g/mol. The molecule has 1 atom stereocenters. The van der Waals surface area contributed by atoms with Crippen molar-refractivity contribution in [2.45, 2.75) is 58.4 Å². The van der Waals surface area contributed by atoms with Gasteiger partial charge in [-0.15, -0.1) is 0 Å². The lowest BCUT2D eigenvalue weighted by Gasteiger charge is -2.35. The number of carbonyl (C=O) groups is 1. The van der Waals surface area contributed by atoms with E-state index in [1.54, 1.807) is 4.68 Å². The molecule has 0 radical (unpaired) electrons. The van der Waals surface area contributed by atoms with Crippen LogP contribution in [0.3, 0.4) is 0 Å². The van der Waals surface area contributed by atoms with E-state index in [4.69, 9.17) is 0 Å². The van der Waals surface area contributed by atoms with Crippen LogP contribution in [0.15, 0.2) is 18.5 Å². The number of imidazole rings is 1. The van der Waals surface area contributed by atoms with Crippen molar-refractivity contribution in [1.82, 2.24) is 24.2 Å². The molecule has 0 spiro atoms. The van der Waals surface area contributed by atoms with Crippen molar-refractivity contribution >= 4 is 5.91 Å². The van der Waals surface area contributed by atoms with E-state index in [0.29, 0.717) is 11.6 Å². The molecule has 0 N–H and O–H groups in total. The second-order valence-electron chi connectivity index (χ2n) is 7.88. The predicted octanol–water partition coefficient (Wildman–Crippen LogP) is 2.98. The summed E-state index contributed by atoms with van der Waals surface area (Å²) in [6.07, 6.45) is 9.95. The fraction of sp³-hybridized carbons (Fsp3) is 0.650. The molecule has 2 aromatic rings. The Morgan fingerprint density at radius 3 is 2.81 bits per heavy atom. The molecule has 2 aromatic heterocycles. The number of carbonyl (C=O) groups excluding carboxylic acids is 1. The standard InChI is InChI=1S/C20H31N5O/c1-15(2)13-16-14-18(24(4)22-16)20(26)25-11-6-5-7-17(25)8-9-19-21-10-12-23(19)3/h10,12,14-15,17H,5-9,11,13H2,1-4H3/t17-/m0/s1. The Bertz CT molecular complexity index is 745. The van der Waals surface area contributed by atoms with E-state index in [0.717, 1.165) is 50.2 Å². The summed E-state index contributed by atoms with van der Waals surface area (Å²) in [6, 6.07) is 2.27. The highest BCUT2D eigenvalue weighted by Gasteiger charge is 2.29. The average Bonchev–Trinajstić information content (AvgIpc) is 3.17. The Kier molecular flexibility index (Phi) is 5.79. The summed E-state index contributed by atoms with van der Waals surface area (Å²) < 4.78 is 3.82. The molecule has 26 heavy (non-hydrogen) atoms. The van der Waals surface area contributed by atoms with Gasteiger partial charge in [0.15, 0.2) is 0 Å². The first-order chi connectivity index (χ1) is 12.5. The number of amides is 1. The van der Waals surface area contributed by atoms with E-state index in [1.165, 1.54) is 6.42 Å².